The smallest absolute Gasteiger partial charge is 0.124 e. The van der Waals surface area contributed by atoms with E-state index in [9.17, 15) is 10.2 Å². The number of phenolic OH excluding ortho intramolecular Hbond substituents is 2. The van der Waals surface area contributed by atoms with Gasteiger partial charge in [0.1, 0.15) is 11.5 Å². The predicted octanol–water partition coefficient (Wildman–Crippen LogP) is 3.67. The average molecular weight is 839 g/mol. The van der Waals surface area contributed by atoms with Gasteiger partial charge in [0.25, 0.3) is 0 Å². The molecule has 0 spiro atoms. The van der Waals surface area contributed by atoms with Gasteiger partial charge in [-0.1, -0.05) is 47.8 Å². The van der Waals surface area contributed by atoms with Gasteiger partial charge in [-0.25, -0.2) is 0 Å². The summed E-state index contributed by atoms with van der Waals surface area (Å²) in [5.41, 5.74) is 2.66. The zero-order chi connectivity index (χ0) is 39.6. The van der Waals surface area contributed by atoms with Crippen LogP contribution in [0.1, 0.15) is 77.6 Å². The van der Waals surface area contributed by atoms with E-state index in [2.05, 4.69) is 23.5 Å². The van der Waals surface area contributed by atoms with E-state index in [0.29, 0.717) is 11.1 Å². The molecule has 0 aromatic heterocycles. The van der Waals surface area contributed by atoms with Gasteiger partial charge in [-0.15, -0.1) is 0 Å². The van der Waals surface area contributed by atoms with Crippen molar-refractivity contribution in [3.05, 3.63) is 71.8 Å². The topological polar surface area (TPSA) is 267 Å². The Balaban J connectivity index is -0.0000000422. The van der Waals surface area contributed by atoms with Gasteiger partial charge in [0.15, 0.2) is 0 Å². The van der Waals surface area contributed by atoms with Crippen molar-refractivity contribution in [3.8, 4) is 11.5 Å². The van der Waals surface area contributed by atoms with Crippen molar-refractivity contribution >= 4 is 24.6 Å². The second kappa shape index (κ2) is 82.0. The van der Waals surface area contributed by atoms with E-state index in [-0.39, 0.29) is 130 Å². The van der Waals surface area contributed by atoms with Gasteiger partial charge in [-0.2, -0.15) is 0 Å². The Morgan fingerprint density at radius 1 is 0.451 bits per heavy atom. The molecular weight excluding hydrogens is 772 g/mol. The second-order valence-corrected chi connectivity index (χ2v) is 7.06. The third kappa shape index (κ3) is 88.0. The summed E-state index contributed by atoms with van der Waals surface area (Å²) < 4.78 is 0. The molecule has 0 heterocycles. The van der Waals surface area contributed by atoms with E-state index >= 15 is 0 Å². The standard InChI is InChI=1S/2C9H9NO2.8C2H6O.3Ti/c2*1-2-7-3-4-9(11)8(5-7)6-10-12;8*1-2-3;;;/h2*2-6,11-12H,1H2;8*3H,2H2,1H3;;;. The van der Waals surface area contributed by atoms with E-state index in [1.807, 2.05) is 0 Å². The number of nitrogens with zero attached hydrogens (tertiary/aromatic N) is 2. The van der Waals surface area contributed by atoms with Crippen LogP contribution in [0.5, 0.6) is 11.5 Å². The Kier molecular flexibility index (Phi) is 126. The van der Waals surface area contributed by atoms with Crippen LogP contribution in [-0.2, 0) is 65.2 Å². The van der Waals surface area contributed by atoms with Gasteiger partial charge < -0.3 is 61.5 Å². The molecule has 296 valence electrons. The largest absolute Gasteiger partial charge is 0.507 e. The normalized spacial score (nSPS) is 7.69. The molecule has 14 nitrogen and oxygen atoms in total. The molecule has 0 amide bonds. The molecule has 2 aromatic rings. The fourth-order valence-corrected chi connectivity index (χ4v) is 1.73. The molecule has 17 heteroatoms. The number of hydrogen-bond donors (Lipinski definition) is 12. The predicted molar refractivity (Wildman–Crippen MR) is 197 cm³/mol. The van der Waals surface area contributed by atoms with Gasteiger partial charge in [-0.3, -0.25) is 0 Å². The summed E-state index contributed by atoms with van der Waals surface area (Å²) >= 11 is 0. The van der Waals surface area contributed by atoms with Crippen molar-refractivity contribution in [2.75, 3.05) is 52.9 Å². The summed E-state index contributed by atoms with van der Waals surface area (Å²) in [6.07, 6.45) is 5.63. The molecule has 0 saturated carbocycles. The molecule has 0 saturated heterocycles. The molecule has 0 bridgehead atoms. The van der Waals surface area contributed by atoms with Crippen LogP contribution in [0, 0.1) is 0 Å². The van der Waals surface area contributed by atoms with Crippen LogP contribution in [0.25, 0.3) is 12.2 Å². The molecule has 0 atom stereocenters. The number of aliphatic hydroxyl groups is 8. The number of hydrogen-bond acceptors (Lipinski definition) is 14. The molecule has 0 unspecified atom stereocenters. The maximum atomic E-state index is 9.22. The molecule has 0 aliphatic carbocycles. The van der Waals surface area contributed by atoms with E-state index < -0.39 is 0 Å². The van der Waals surface area contributed by atoms with Crippen LogP contribution in [0.15, 0.2) is 59.9 Å². The molecule has 0 aliphatic heterocycles. The molecule has 0 radical (unpaired) electrons. The van der Waals surface area contributed by atoms with E-state index in [1.54, 1.807) is 91.8 Å². The average Bonchev–Trinajstić information content (AvgIpc) is 3.03. The zero-order valence-electron chi connectivity index (χ0n) is 31.6. The van der Waals surface area contributed by atoms with E-state index in [1.165, 1.54) is 24.6 Å². The second-order valence-electron chi connectivity index (χ2n) is 7.06. The quantitative estimate of drug-likeness (QED) is 0.0911. The van der Waals surface area contributed by atoms with Gasteiger partial charge >= 0.3 is 0 Å². The van der Waals surface area contributed by atoms with Crippen LogP contribution in [0.2, 0.25) is 0 Å². The van der Waals surface area contributed by atoms with Gasteiger partial charge in [0.05, 0.1) is 12.4 Å². The van der Waals surface area contributed by atoms with Gasteiger partial charge in [0, 0.05) is 129 Å². The monoisotopic (exact) mass is 838 g/mol. The Morgan fingerprint density at radius 3 is 0.765 bits per heavy atom. The maximum absolute atomic E-state index is 9.22. The third-order valence-electron chi connectivity index (χ3n) is 2.97. The maximum Gasteiger partial charge on any atom is 0.124 e. The van der Waals surface area contributed by atoms with Crippen molar-refractivity contribution in [1.29, 1.82) is 0 Å². The van der Waals surface area contributed by atoms with E-state index in [4.69, 9.17) is 51.3 Å². The summed E-state index contributed by atoms with van der Waals surface area (Å²) in [5, 5.41) is 101. The number of aromatic hydroxyl groups is 2. The first-order chi connectivity index (χ1) is 22.9. The summed E-state index contributed by atoms with van der Waals surface area (Å²) in [4.78, 5) is 0. The van der Waals surface area contributed by atoms with Crippen LogP contribution >= 0.6 is 0 Å². The zero-order valence-corrected chi connectivity index (χ0v) is 36.3. The van der Waals surface area contributed by atoms with Crippen molar-refractivity contribution in [3.63, 3.8) is 0 Å². The fraction of sp³-hybridized carbons (Fsp3) is 0.471. The van der Waals surface area contributed by atoms with Crippen LogP contribution < -0.4 is 0 Å². The van der Waals surface area contributed by atoms with Crippen LogP contribution in [0.3, 0.4) is 0 Å². The van der Waals surface area contributed by atoms with E-state index in [0.717, 1.165) is 11.1 Å². The van der Waals surface area contributed by atoms with Crippen molar-refractivity contribution in [2.45, 2.75) is 55.4 Å². The van der Waals surface area contributed by atoms with Crippen LogP contribution in [-0.4, -0.2) is 127 Å². The first-order valence-electron chi connectivity index (χ1n) is 15.0. The molecule has 0 fully saturated rings. The van der Waals surface area contributed by atoms with Crippen molar-refractivity contribution < 1.29 is 127 Å². The summed E-state index contributed by atoms with van der Waals surface area (Å²) in [6, 6.07) is 9.82. The number of rotatable bonds is 4. The first-order valence-corrected chi connectivity index (χ1v) is 15.0. The summed E-state index contributed by atoms with van der Waals surface area (Å²) in [5.74, 6) is 0.164. The molecule has 51 heavy (non-hydrogen) atoms. The minimum absolute atomic E-state index is 0. The Bertz CT molecular complexity index is 841. The van der Waals surface area contributed by atoms with Crippen LogP contribution in [0.4, 0.5) is 0 Å². The molecule has 0 aliphatic rings. The van der Waals surface area contributed by atoms with Crippen molar-refractivity contribution in [2.24, 2.45) is 10.3 Å². The van der Waals surface area contributed by atoms with Crippen molar-refractivity contribution in [1.82, 2.24) is 0 Å². The molecular formula is C34H66N2O12Ti3. The summed E-state index contributed by atoms with van der Waals surface area (Å²) in [6.45, 7) is 22.6. The molecule has 12 N–H and O–H groups in total. The Hall–Kier alpha value is -1.72. The Morgan fingerprint density at radius 2 is 0.627 bits per heavy atom. The SMILES string of the molecule is C=Cc1ccc(O)c(C=NO)c1.C=Cc1ccc(O)c(C=NO)c1.CCO.CCO.CCO.CCO.CCO.CCO.CCO.CCO.[Ti].[Ti].[Ti]. The van der Waals surface area contributed by atoms with Gasteiger partial charge in [0.2, 0.25) is 0 Å². The summed E-state index contributed by atoms with van der Waals surface area (Å²) in [7, 11) is 0. The number of aliphatic hydroxyl groups excluding tert-OH is 8. The fourth-order valence-electron chi connectivity index (χ4n) is 1.73. The number of oxime groups is 2. The third-order valence-corrected chi connectivity index (χ3v) is 2.97. The number of phenols is 2. The molecule has 2 aromatic carbocycles. The Labute approximate surface area is 350 Å². The minimum Gasteiger partial charge on any atom is -0.507 e. The molecule has 2 rings (SSSR count). The minimum atomic E-state index is 0. The van der Waals surface area contributed by atoms with Gasteiger partial charge in [-0.05, 0) is 90.8 Å². The first kappa shape index (κ1) is 78.4. The number of benzene rings is 2.